The van der Waals surface area contributed by atoms with Crippen LogP contribution in [0, 0.1) is 0 Å². The Morgan fingerprint density at radius 2 is 1.05 bits per heavy atom. The van der Waals surface area contributed by atoms with E-state index in [9.17, 15) is 9.59 Å². The highest BCUT2D eigenvalue weighted by Gasteiger charge is 2.18. The zero-order valence-corrected chi connectivity index (χ0v) is 23.9. The van der Waals surface area contributed by atoms with Crippen molar-refractivity contribution < 1.29 is 9.59 Å². The van der Waals surface area contributed by atoms with Crippen molar-refractivity contribution in [2.45, 2.75) is 51.4 Å². The van der Waals surface area contributed by atoms with Crippen molar-refractivity contribution in [1.82, 2.24) is 20.4 Å². The molecule has 0 spiro atoms. The molecule has 0 saturated carbocycles. The van der Waals surface area contributed by atoms with Crippen LogP contribution in [-0.2, 0) is 22.4 Å². The standard InChI is InChI=1S/C26H26Cl2N6O2S2/c1-15(17-7-11-19(27)12-8-17)23(35)29-25-33-31-21(37-25)5-3-4-6-22-32-34-26(38-22)30-24(36)16(2)18-9-13-20(28)14-10-18/h7-16H,3-6H2,1-2H3,(H,29,33,35)(H,30,34,36). The van der Waals surface area contributed by atoms with Gasteiger partial charge in [0.15, 0.2) is 0 Å². The quantitative estimate of drug-likeness (QED) is 0.188. The molecule has 12 heteroatoms. The zero-order chi connectivity index (χ0) is 27.1. The SMILES string of the molecule is CC(C(=O)Nc1nnc(CCCCc2nnc(NC(=O)C(C)c3ccc(Cl)cc3)s2)s1)c1ccc(Cl)cc1. The van der Waals surface area contributed by atoms with E-state index in [0.29, 0.717) is 20.3 Å². The average Bonchev–Trinajstić information content (AvgIpc) is 3.55. The summed E-state index contributed by atoms with van der Waals surface area (Å²) >= 11 is 14.6. The first-order valence-corrected chi connectivity index (χ1v) is 14.4. The number of nitrogens with zero attached hydrogens (tertiary/aromatic N) is 4. The fourth-order valence-electron chi connectivity index (χ4n) is 3.60. The van der Waals surface area contributed by atoms with Gasteiger partial charge in [0.1, 0.15) is 10.0 Å². The van der Waals surface area contributed by atoms with Crippen molar-refractivity contribution in [2.24, 2.45) is 0 Å². The van der Waals surface area contributed by atoms with Gasteiger partial charge in [0.25, 0.3) is 0 Å². The van der Waals surface area contributed by atoms with Crippen LogP contribution in [0.1, 0.15) is 59.7 Å². The second-order valence-electron chi connectivity index (χ2n) is 8.73. The molecule has 0 aliphatic carbocycles. The summed E-state index contributed by atoms with van der Waals surface area (Å²) in [5.74, 6) is -0.947. The van der Waals surface area contributed by atoms with Gasteiger partial charge in [-0.3, -0.25) is 9.59 Å². The van der Waals surface area contributed by atoms with E-state index in [2.05, 4.69) is 31.0 Å². The van der Waals surface area contributed by atoms with Gasteiger partial charge < -0.3 is 10.6 Å². The lowest BCUT2D eigenvalue weighted by Gasteiger charge is -2.10. The second kappa shape index (κ2) is 13.2. The maximum atomic E-state index is 12.6. The van der Waals surface area contributed by atoms with E-state index in [4.69, 9.17) is 23.2 Å². The number of aromatic nitrogens is 4. The molecule has 8 nitrogen and oxygen atoms in total. The Hall–Kier alpha value is -2.92. The van der Waals surface area contributed by atoms with Crippen molar-refractivity contribution in [3.63, 3.8) is 0 Å². The van der Waals surface area contributed by atoms with E-state index in [0.717, 1.165) is 46.8 Å². The Morgan fingerprint density at radius 3 is 1.42 bits per heavy atom. The van der Waals surface area contributed by atoms with Gasteiger partial charge in [-0.1, -0.05) is 70.1 Å². The van der Waals surface area contributed by atoms with Crippen molar-refractivity contribution in [3.8, 4) is 0 Å². The third kappa shape index (κ3) is 7.80. The highest BCUT2D eigenvalue weighted by atomic mass is 35.5. The first-order chi connectivity index (χ1) is 18.3. The summed E-state index contributed by atoms with van der Waals surface area (Å²) in [4.78, 5) is 25.1. The molecule has 0 aliphatic rings. The summed E-state index contributed by atoms with van der Waals surface area (Å²) in [6, 6.07) is 14.4. The molecule has 2 unspecified atom stereocenters. The largest absolute Gasteiger partial charge is 0.300 e. The number of anilines is 2. The molecule has 4 aromatic rings. The molecular weight excluding hydrogens is 563 g/mol. The normalized spacial score (nSPS) is 12.6. The van der Waals surface area contributed by atoms with Crippen molar-refractivity contribution in [3.05, 3.63) is 79.7 Å². The fraction of sp³-hybridized carbons (Fsp3) is 0.308. The van der Waals surface area contributed by atoms with Crippen LogP contribution in [-0.4, -0.2) is 32.2 Å². The fourth-order valence-corrected chi connectivity index (χ4v) is 5.42. The van der Waals surface area contributed by atoms with Crippen LogP contribution < -0.4 is 10.6 Å². The topological polar surface area (TPSA) is 110 Å². The number of rotatable bonds is 11. The third-order valence-electron chi connectivity index (χ3n) is 5.95. The second-order valence-corrected chi connectivity index (χ2v) is 11.7. The molecule has 0 bridgehead atoms. The smallest absolute Gasteiger partial charge is 0.233 e. The minimum absolute atomic E-state index is 0.142. The monoisotopic (exact) mass is 588 g/mol. The van der Waals surface area contributed by atoms with Gasteiger partial charge in [-0.25, -0.2) is 0 Å². The summed E-state index contributed by atoms with van der Waals surface area (Å²) in [5, 5.41) is 26.3. The van der Waals surface area contributed by atoms with Crippen molar-refractivity contribution in [1.29, 1.82) is 0 Å². The Morgan fingerprint density at radius 1 is 0.684 bits per heavy atom. The predicted octanol–water partition coefficient (Wildman–Crippen LogP) is 6.75. The van der Waals surface area contributed by atoms with Gasteiger partial charge in [-0.2, -0.15) is 0 Å². The summed E-state index contributed by atoms with van der Waals surface area (Å²) in [6.07, 6.45) is 3.28. The van der Waals surface area contributed by atoms with E-state index in [-0.39, 0.29) is 23.7 Å². The van der Waals surface area contributed by atoms with Crippen LogP contribution in [0.3, 0.4) is 0 Å². The van der Waals surface area contributed by atoms with E-state index >= 15 is 0 Å². The number of aryl methyl sites for hydroxylation is 2. The molecule has 4 rings (SSSR count). The molecule has 2 heterocycles. The van der Waals surface area contributed by atoms with Crippen LogP contribution in [0.4, 0.5) is 10.3 Å². The molecule has 2 atom stereocenters. The molecule has 2 aromatic carbocycles. The average molecular weight is 590 g/mol. The van der Waals surface area contributed by atoms with E-state index in [1.165, 1.54) is 22.7 Å². The number of amides is 2. The number of unbranched alkanes of at least 4 members (excludes halogenated alkanes) is 1. The molecule has 0 radical (unpaired) electrons. The molecule has 0 aliphatic heterocycles. The highest BCUT2D eigenvalue weighted by Crippen LogP contribution is 2.24. The minimum Gasteiger partial charge on any atom is -0.300 e. The van der Waals surface area contributed by atoms with Crippen LogP contribution in [0.15, 0.2) is 48.5 Å². The minimum atomic E-state index is -0.332. The van der Waals surface area contributed by atoms with E-state index in [1.807, 2.05) is 38.1 Å². The molecule has 2 N–H and O–H groups in total. The number of halogens is 2. The van der Waals surface area contributed by atoms with Crippen molar-refractivity contribution in [2.75, 3.05) is 10.6 Å². The first kappa shape index (κ1) is 28.1. The Labute approximate surface area is 238 Å². The highest BCUT2D eigenvalue weighted by molar-refractivity contribution is 7.15. The third-order valence-corrected chi connectivity index (χ3v) is 8.25. The lowest BCUT2D eigenvalue weighted by Crippen LogP contribution is -2.18. The van der Waals surface area contributed by atoms with E-state index in [1.54, 1.807) is 24.3 Å². The van der Waals surface area contributed by atoms with Crippen LogP contribution in [0.5, 0.6) is 0 Å². The van der Waals surface area contributed by atoms with Crippen LogP contribution in [0.25, 0.3) is 0 Å². The molecular formula is C26H26Cl2N6O2S2. The summed E-state index contributed by atoms with van der Waals surface area (Å²) in [5.41, 5.74) is 1.76. The molecule has 38 heavy (non-hydrogen) atoms. The molecule has 0 fully saturated rings. The summed E-state index contributed by atoms with van der Waals surface area (Å²) in [6.45, 7) is 3.68. The van der Waals surface area contributed by atoms with Gasteiger partial charge in [0.2, 0.25) is 22.1 Å². The number of benzene rings is 2. The number of hydrogen-bond donors (Lipinski definition) is 2. The molecule has 2 amide bonds. The summed E-state index contributed by atoms with van der Waals surface area (Å²) < 4.78 is 0. The Bertz CT molecular complexity index is 1270. The van der Waals surface area contributed by atoms with Gasteiger partial charge >= 0.3 is 0 Å². The number of nitrogens with one attached hydrogen (secondary N) is 2. The number of hydrogen-bond acceptors (Lipinski definition) is 8. The zero-order valence-electron chi connectivity index (χ0n) is 20.8. The van der Waals surface area contributed by atoms with E-state index < -0.39 is 0 Å². The predicted molar refractivity (Wildman–Crippen MR) is 153 cm³/mol. The lowest BCUT2D eigenvalue weighted by molar-refractivity contribution is -0.118. The van der Waals surface area contributed by atoms with Crippen LogP contribution in [0.2, 0.25) is 10.0 Å². The van der Waals surface area contributed by atoms with Gasteiger partial charge in [-0.05, 0) is 62.1 Å². The van der Waals surface area contributed by atoms with Crippen LogP contribution >= 0.6 is 45.9 Å². The van der Waals surface area contributed by atoms with Crippen molar-refractivity contribution >= 4 is 68.0 Å². The lowest BCUT2D eigenvalue weighted by atomic mass is 10.0. The molecule has 2 aromatic heterocycles. The van der Waals surface area contributed by atoms with Gasteiger partial charge in [-0.15, -0.1) is 20.4 Å². The number of carbonyl (C=O) groups is 2. The first-order valence-electron chi connectivity index (χ1n) is 12.1. The van der Waals surface area contributed by atoms with Gasteiger partial charge in [0, 0.05) is 22.9 Å². The maximum Gasteiger partial charge on any atom is 0.233 e. The van der Waals surface area contributed by atoms with Gasteiger partial charge in [0.05, 0.1) is 11.8 Å². The Kier molecular flexibility index (Phi) is 9.79. The number of carbonyl (C=O) groups excluding carboxylic acids is 2. The Balaban J connectivity index is 1.18. The molecule has 198 valence electrons. The maximum absolute atomic E-state index is 12.6. The summed E-state index contributed by atoms with van der Waals surface area (Å²) in [7, 11) is 0. The molecule has 0 saturated heterocycles.